The molecule has 0 spiro atoms. The fourth-order valence-electron chi connectivity index (χ4n) is 3.10. The van der Waals surface area contributed by atoms with Gasteiger partial charge in [-0.05, 0) is 47.5 Å². The molecule has 0 unspecified atom stereocenters. The van der Waals surface area contributed by atoms with E-state index in [1.807, 2.05) is 0 Å². The fourth-order valence-corrected chi connectivity index (χ4v) is 3.71. The minimum absolute atomic E-state index is 0.368. The SMILES string of the molecule is CC(C)(C)OC(=O)NC(C)(C)c1noc(CSc2nnc(C3CCCCC3)o2)n1. The zero-order valence-electron chi connectivity index (χ0n) is 17.7. The highest BCUT2D eigenvalue weighted by Crippen LogP contribution is 2.33. The van der Waals surface area contributed by atoms with E-state index in [0.717, 1.165) is 18.7 Å². The van der Waals surface area contributed by atoms with E-state index in [4.69, 9.17) is 13.7 Å². The Morgan fingerprint density at radius 2 is 1.90 bits per heavy atom. The molecule has 1 saturated carbocycles. The van der Waals surface area contributed by atoms with Crippen molar-refractivity contribution < 1.29 is 18.5 Å². The van der Waals surface area contributed by atoms with Crippen LogP contribution in [0.4, 0.5) is 4.79 Å². The van der Waals surface area contributed by atoms with Crippen LogP contribution in [0.3, 0.4) is 0 Å². The Hall–Kier alpha value is -2.10. The minimum Gasteiger partial charge on any atom is -0.444 e. The van der Waals surface area contributed by atoms with Crippen LogP contribution >= 0.6 is 11.8 Å². The first-order valence-corrected chi connectivity index (χ1v) is 10.9. The predicted molar refractivity (Wildman–Crippen MR) is 106 cm³/mol. The lowest BCUT2D eigenvalue weighted by Gasteiger charge is -2.26. The second-order valence-corrected chi connectivity index (χ2v) is 9.72. The molecule has 1 amide bonds. The van der Waals surface area contributed by atoms with Crippen LogP contribution in [0.25, 0.3) is 0 Å². The number of hydrogen-bond acceptors (Lipinski definition) is 9. The molecule has 0 aliphatic heterocycles. The van der Waals surface area contributed by atoms with Crippen LogP contribution in [0.1, 0.15) is 90.2 Å². The van der Waals surface area contributed by atoms with Gasteiger partial charge in [-0.1, -0.05) is 36.2 Å². The molecule has 2 heterocycles. The molecule has 1 fully saturated rings. The van der Waals surface area contributed by atoms with Crippen molar-refractivity contribution in [1.29, 1.82) is 0 Å². The molecule has 2 aromatic heterocycles. The number of ether oxygens (including phenoxy) is 1. The average Bonchev–Trinajstić information content (AvgIpc) is 3.28. The highest BCUT2D eigenvalue weighted by Gasteiger charge is 2.31. The van der Waals surface area contributed by atoms with Gasteiger partial charge in [-0.3, -0.25) is 0 Å². The first-order valence-electron chi connectivity index (χ1n) is 9.93. The van der Waals surface area contributed by atoms with Crippen LogP contribution < -0.4 is 5.32 Å². The molecule has 0 saturated heterocycles. The van der Waals surface area contributed by atoms with Crippen LogP contribution in [0.15, 0.2) is 14.2 Å². The number of carbonyl (C=O) groups is 1. The van der Waals surface area contributed by atoms with E-state index in [1.165, 1.54) is 31.0 Å². The normalized spacial score (nSPS) is 16.0. The summed E-state index contributed by atoms with van der Waals surface area (Å²) >= 11 is 1.36. The maximum atomic E-state index is 12.0. The fraction of sp³-hybridized carbons (Fsp3) is 0.737. The van der Waals surface area contributed by atoms with E-state index in [1.54, 1.807) is 34.6 Å². The summed E-state index contributed by atoms with van der Waals surface area (Å²) in [6.45, 7) is 8.99. The molecule has 1 aliphatic rings. The lowest BCUT2D eigenvalue weighted by molar-refractivity contribution is 0.0465. The Kier molecular flexibility index (Phi) is 6.50. The molecule has 0 aromatic carbocycles. The van der Waals surface area contributed by atoms with E-state index < -0.39 is 17.2 Å². The van der Waals surface area contributed by atoms with Crippen LogP contribution in [0, 0.1) is 0 Å². The Morgan fingerprint density at radius 3 is 2.59 bits per heavy atom. The third kappa shape index (κ3) is 6.19. The van der Waals surface area contributed by atoms with Crippen LogP contribution in [-0.4, -0.2) is 32.0 Å². The highest BCUT2D eigenvalue weighted by atomic mass is 32.2. The van der Waals surface area contributed by atoms with Gasteiger partial charge in [0.25, 0.3) is 5.22 Å². The summed E-state index contributed by atoms with van der Waals surface area (Å²) in [5, 5.41) is 15.6. The standard InChI is InChI=1S/C19H29N5O4S/c1-18(2,3)27-16(25)21-19(4,5)15-20-13(28-24-15)11-29-17-23-22-14(26-17)12-9-7-6-8-10-12/h12H,6-11H2,1-5H3,(H,21,25). The van der Waals surface area contributed by atoms with Gasteiger partial charge in [0.15, 0.2) is 5.82 Å². The Bertz CT molecular complexity index is 821. The largest absolute Gasteiger partial charge is 0.444 e. The van der Waals surface area contributed by atoms with Crippen molar-refractivity contribution in [2.24, 2.45) is 0 Å². The van der Waals surface area contributed by atoms with Gasteiger partial charge in [-0.15, -0.1) is 10.2 Å². The summed E-state index contributed by atoms with van der Waals surface area (Å²) in [6.07, 6.45) is 5.40. The summed E-state index contributed by atoms with van der Waals surface area (Å²) in [4.78, 5) is 16.4. The van der Waals surface area contributed by atoms with Gasteiger partial charge in [0.2, 0.25) is 11.8 Å². The van der Waals surface area contributed by atoms with Gasteiger partial charge in [0.05, 0.1) is 5.75 Å². The van der Waals surface area contributed by atoms with Gasteiger partial charge in [-0.25, -0.2) is 4.79 Å². The van der Waals surface area contributed by atoms with Crippen molar-refractivity contribution in [2.75, 3.05) is 0 Å². The average molecular weight is 424 g/mol. The number of thioether (sulfide) groups is 1. The molecule has 0 atom stereocenters. The van der Waals surface area contributed by atoms with Crippen molar-refractivity contribution >= 4 is 17.9 Å². The maximum absolute atomic E-state index is 12.0. The number of hydrogen-bond donors (Lipinski definition) is 1. The van der Waals surface area contributed by atoms with Crippen LogP contribution in [0.5, 0.6) is 0 Å². The number of nitrogens with zero attached hydrogens (tertiary/aromatic N) is 4. The summed E-state index contributed by atoms with van der Waals surface area (Å²) in [5.41, 5.74) is -1.42. The monoisotopic (exact) mass is 423 g/mol. The van der Waals surface area contributed by atoms with Gasteiger partial charge in [-0.2, -0.15) is 4.98 Å². The van der Waals surface area contributed by atoms with Crippen molar-refractivity contribution in [3.8, 4) is 0 Å². The molecular formula is C19H29N5O4S. The molecule has 160 valence electrons. The Balaban J connectivity index is 1.54. The molecule has 2 aromatic rings. The van der Waals surface area contributed by atoms with Gasteiger partial charge >= 0.3 is 6.09 Å². The number of aromatic nitrogens is 4. The van der Waals surface area contributed by atoms with E-state index >= 15 is 0 Å². The minimum atomic E-state index is -0.840. The van der Waals surface area contributed by atoms with Gasteiger partial charge in [0, 0.05) is 5.92 Å². The Labute approximate surface area is 174 Å². The quantitative estimate of drug-likeness (QED) is 0.668. The molecule has 1 aliphatic carbocycles. The van der Waals surface area contributed by atoms with Crippen LogP contribution in [0.2, 0.25) is 0 Å². The zero-order chi connectivity index (χ0) is 21.1. The summed E-state index contributed by atoms with van der Waals surface area (Å²) < 4.78 is 16.4. The Morgan fingerprint density at radius 1 is 1.17 bits per heavy atom. The van der Waals surface area contributed by atoms with E-state index in [-0.39, 0.29) is 0 Å². The smallest absolute Gasteiger partial charge is 0.408 e. The first-order chi connectivity index (χ1) is 13.6. The van der Waals surface area contributed by atoms with E-state index in [9.17, 15) is 4.79 Å². The number of carbonyl (C=O) groups excluding carboxylic acids is 1. The molecular weight excluding hydrogens is 394 g/mol. The summed E-state index contributed by atoms with van der Waals surface area (Å²) in [6, 6.07) is 0. The summed E-state index contributed by atoms with van der Waals surface area (Å²) in [7, 11) is 0. The second kappa shape index (κ2) is 8.73. The number of nitrogens with one attached hydrogen (secondary N) is 1. The van der Waals surface area contributed by atoms with Gasteiger partial charge in [0.1, 0.15) is 11.1 Å². The van der Waals surface area contributed by atoms with Crippen LogP contribution in [-0.2, 0) is 16.0 Å². The first kappa shape index (κ1) is 21.6. The third-order valence-corrected chi connectivity index (χ3v) is 5.34. The van der Waals surface area contributed by atoms with Crippen molar-refractivity contribution in [3.05, 3.63) is 17.6 Å². The lowest BCUT2D eigenvalue weighted by Crippen LogP contribution is -2.44. The number of rotatable bonds is 6. The van der Waals surface area contributed by atoms with Crippen molar-refractivity contribution in [1.82, 2.24) is 25.7 Å². The third-order valence-electron chi connectivity index (χ3n) is 4.54. The number of amides is 1. The molecule has 0 radical (unpaired) electrons. The molecule has 10 heteroatoms. The molecule has 3 rings (SSSR count). The predicted octanol–water partition coefficient (Wildman–Crippen LogP) is 4.55. The zero-order valence-corrected chi connectivity index (χ0v) is 18.5. The van der Waals surface area contributed by atoms with Crippen molar-refractivity contribution in [2.45, 2.75) is 94.8 Å². The highest BCUT2D eigenvalue weighted by molar-refractivity contribution is 7.98. The topological polar surface area (TPSA) is 116 Å². The lowest BCUT2D eigenvalue weighted by atomic mass is 9.89. The second-order valence-electron chi connectivity index (χ2n) is 8.79. The molecule has 1 N–H and O–H groups in total. The van der Waals surface area contributed by atoms with E-state index in [2.05, 4.69) is 25.7 Å². The number of alkyl carbamates (subject to hydrolysis) is 1. The molecule has 29 heavy (non-hydrogen) atoms. The van der Waals surface area contributed by atoms with Gasteiger partial charge < -0.3 is 19.0 Å². The van der Waals surface area contributed by atoms with Crippen molar-refractivity contribution in [3.63, 3.8) is 0 Å². The molecule has 9 nitrogen and oxygen atoms in total. The maximum Gasteiger partial charge on any atom is 0.408 e. The van der Waals surface area contributed by atoms with E-state index in [0.29, 0.717) is 28.6 Å². The summed E-state index contributed by atoms with van der Waals surface area (Å²) in [5.74, 6) is 2.29. The molecule has 0 bridgehead atoms.